The van der Waals surface area contributed by atoms with Gasteiger partial charge in [0, 0.05) is 18.3 Å². The van der Waals surface area contributed by atoms with Crippen molar-refractivity contribution in [3.05, 3.63) is 17.5 Å². The quantitative estimate of drug-likeness (QED) is 0.497. The maximum atomic E-state index is 5.66. The van der Waals surface area contributed by atoms with Crippen LogP contribution >= 0.6 is 35.8 Å². The molecular formula is C7H11Cl2N3S. The molecule has 0 radical (unpaired) electrons. The Balaban J connectivity index is 0.00000144. The Kier molecular flexibility index (Phi) is 6.41. The Labute approximate surface area is 92.9 Å². The zero-order valence-corrected chi connectivity index (χ0v) is 9.55. The highest BCUT2D eigenvalue weighted by molar-refractivity contribution is 7.98. The van der Waals surface area contributed by atoms with Gasteiger partial charge in [-0.3, -0.25) is 0 Å². The number of nitrogens with zero attached hydrogens (tertiary/aromatic N) is 2. The van der Waals surface area contributed by atoms with Crippen LogP contribution in [0.1, 0.15) is 11.3 Å². The first-order valence-corrected chi connectivity index (χ1v) is 5.22. The van der Waals surface area contributed by atoms with Gasteiger partial charge in [0.05, 0.1) is 11.6 Å². The number of halogens is 2. The molecule has 3 nitrogen and oxygen atoms in total. The lowest BCUT2D eigenvalue weighted by molar-refractivity contribution is 0.853. The van der Waals surface area contributed by atoms with Crippen LogP contribution in [0.2, 0.25) is 0 Å². The van der Waals surface area contributed by atoms with E-state index in [1.165, 1.54) is 11.8 Å². The lowest BCUT2D eigenvalue weighted by Crippen LogP contribution is -2.05. The highest BCUT2D eigenvalue weighted by Gasteiger charge is 2.03. The van der Waals surface area contributed by atoms with E-state index in [0.717, 1.165) is 16.4 Å². The molecule has 0 bridgehead atoms. The lowest BCUT2D eigenvalue weighted by atomic mass is 10.2. The minimum Gasteiger partial charge on any atom is -0.325 e. The molecule has 2 N–H and O–H groups in total. The summed E-state index contributed by atoms with van der Waals surface area (Å²) in [5.41, 5.74) is 7.24. The SMILES string of the molecule is CSc1ncc(CCl)c(CN)n1.Cl. The van der Waals surface area contributed by atoms with E-state index in [4.69, 9.17) is 17.3 Å². The van der Waals surface area contributed by atoms with E-state index < -0.39 is 0 Å². The van der Waals surface area contributed by atoms with Crippen molar-refractivity contribution in [3.8, 4) is 0 Å². The number of thioether (sulfide) groups is 1. The molecule has 0 aliphatic carbocycles. The van der Waals surface area contributed by atoms with E-state index >= 15 is 0 Å². The molecular weight excluding hydrogens is 229 g/mol. The maximum Gasteiger partial charge on any atom is 0.187 e. The Morgan fingerprint density at radius 2 is 2.31 bits per heavy atom. The van der Waals surface area contributed by atoms with Crippen LogP contribution in [0.15, 0.2) is 11.4 Å². The van der Waals surface area contributed by atoms with E-state index in [-0.39, 0.29) is 12.4 Å². The van der Waals surface area contributed by atoms with Crippen molar-refractivity contribution >= 4 is 35.8 Å². The van der Waals surface area contributed by atoms with Gasteiger partial charge in [0.25, 0.3) is 0 Å². The third-order valence-corrected chi connectivity index (χ3v) is 2.30. The Morgan fingerprint density at radius 3 is 2.77 bits per heavy atom. The summed E-state index contributed by atoms with van der Waals surface area (Å²) >= 11 is 7.16. The minimum atomic E-state index is 0. The number of aromatic nitrogens is 2. The summed E-state index contributed by atoms with van der Waals surface area (Å²) in [5.74, 6) is 0.418. The number of hydrogen-bond donors (Lipinski definition) is 1. The summed E-state index contributed by atoms with van der Waals surface area (Å²) in [6, 6.07) is 0. The van der Waals surface area contributed by atoms with Crippen molar-refractivity contribution in [2.45, 2.75) is 17.6 Å². The summed E-state index contributed by atoms with van der Waals surface area (Å²) in [5, 5.41) is 0.740. The summed E-state index contributed by atoms with van der Waals surface area (Å²) in [6.07, 6.45) is 3.66. The van der Waals surface area contributed by atoms with E-state index in [1.54, 1.807) is 6.20 Å². The zero-order valence-electron chi connectivity index (χ0n) is 7.16. The van der Waals surface area contributed by atoms with Crippen molar-refractivity contribution in [1.82, 2.24) is 9.97 Å². The van der Waals surface area contributed by atoms with Crippen LogP contribution in [0, 0.1) is 0 Å². The first-order chi connectivity index (χ1) is 5.81. The number of nitrogens with two attached hydrogens (primary N) is 1. The van der Waals surface area contributed by atoms with Crippen LogP contribution in [0.25, 0.3) is 0 Å². The average molecular weight is 240 g/mol. The van der Waals surface area contributed by atoms with Crippen molar-refractivity contribution in [2.24, 2.45) is 5.73 Å². The van der Waals surface area contributed by atoms with Crippen LogP contribution in [-0.2, 0) is 12.4 Å². The number of alkyl halides is 1. The van der Waals surface area contributed by atoms with Gasteiger partial charge in [-0.2, -0.15) is 0 Å². The van der Waals surface area contributed by atoms with Gasteiger partial charge in [-0.15, -0.1) is 24.0 Å². The molecule has 1 rings (SSSR count). The maximum absolute atomic E-state index is 5.66. The molecule has 0 aliphatic rings. The first-order valence-electron chi connectivity index (χ1n) is 3.46. The molecule has 0 unspecified atom stereocenters. The molecule has 0 fully saturated rings. The van der Waals surface area contributed by atoms with E-state index in [1.807, 2.05) is 6.26 Å². The van der Waals surface area contributed by atoms with Gasteiger partial charge in [0.15, 0.2) is 5.16 Å². The molecule has 0 atom stereocenters. The summed E-state index contributed by atoms with van der Waals surface area (Å²) in [7, 11) is 0. The van der Waals surface area contributed by atoms with Crippen molar-refractivity contribution in [1.29, 1.82) is 0 Å². The largest absolute Gasteiger partial charge is 0.325 e. The molecule has 13 heavy (non-hydrogen) atoms. The molecule has 1 heterocycles. The zero-order chi connectivity index (χ0) is 8.97. The van der Waals surface area contributed by atoms with Gasteiger partial charge < -0.3 is 5.73 Å². The second kappa shape index (κ2) is 6.43. The van der Waals surface area contributed by atoms with Crippen molar-refractivity contribution in [2.75, 3.05) is 6.26 Å². The summed E-state index contributed by atoms with van der Waals surface area (Å²) in [4.78, 5) is 8.31. The second-order valence-electron chi connectivity index (χ2n) is 2.17. The van der Waals surface area contributed by atoms with E-state index in [2.05, 4.69) is 9.97 Å². The first kappa shape index (κ1) is 13.0. The Hall–Kier alpha value is -0.0300. The molecule has 74 valence electrons. The van der Waals surface area contributed by atoms with E-state index in [9.17, 15) is 0 Å². The van der Waals surface area contributed by atoms with Crippen molar-refractivity contribution in [3.63, 3.8) is 0 Å². The Morgan fingerprint density at radius 1 is 1.62 bits per heavy atom. The van der Waals surface area contributed by atoms with E-state index in [0.29, 0.717) is 12.4 Å². The molecule has 0 aromatic carbocycles. The molecule has 6 heteroatoms. The van der Waals surface area contributed by atoms with Crippen LogP contribution in [0.3, 0.4) is 0 Å². The summed E-state index contributed by atoms with van der Waals surface area (Å²) < 4.78 is 0. The highest BCUT2D eigenvalue weighted by Crippen LogP contribution is 2.12. The summed E-state index contributed by atoms with van der Waals surface area (Å²) in [6.45, 7) is 0.415. The smallest absolute Gasteiger partial charge is 0.187 e. The minimum absolute atomic E-state index is 0. The predicted molar refractivity (Wildman–Crippen MR) is 58.5 cm³/mol. The molecule has 0 saturated heterocycles. The van der Waals surface area contributed by atoms with Crippen LogP contribution < -0.4 is 5.73 Å². The molecule has 1 aromatic heterocycles. The number of rotatable bonds is 3. The Bertz CT molecular complexity index is 270. The standard InChI is InChI=1S/C7H10ClN3S.ClH/c1-12-7-10-4-5(2-8)6(3-9)11-7;/h4H,2-3,9H2,1H3;1H. The molecule has 0 aliphatic heterocycles. The lowest BCUT2D eigenvalue weighted by Gasteiger charge is -2.03. The molecule has 0 amide bonds. The van der Waals surface area contributed by atoms with Gasteiger partial charge in [0.1, 0.15) is 0 Å². The normalized spacial score (nSPS) is 9.46. The van der Waals surface area contributed by atoms with Gasteiger partial charge in [-0.25, -0.2) is 9.97 Å². The van der Waals surface area contributed by atoms with Crippen molar-refractivity contribution < 1.29 is 0 Å². The monoisotopic (exact) mass is 239 g/mol. The van der Waals surface area contributed by atoms with Crippen LogP contribution in [0.4, 0.5) is 0 Å². The van der Waals surface area contributed by atoms with Gasteiger partial charge in [0.2, 0.25) is 0 Å². The number of hydrogen-bond acceptors (Lipinski definition) is 4. The third kappa shape index (κ3) is 3.31. The van der Waals surface area contributed by atoms with Gasteiger partial charge in [-0.05, 0) is 6.26 Å². The van der Waals surface area contributed by atoms with Gasteiger partial charge in [-0.1, -0.05) is 11.8 Å². The highest BCUT2D eigenvalue weighted by atomic mass is 35.5. The fourth-order valence-corrected chi connectivity index (χ4v) is 1.39. The van der Waals surface area contributed by atoms with Crippen LogP contribution in [0.5, 0.6) is 0 Å². The topological polar surface area (TPSA) is 51.8 Å². The second-order valence-corrected chi connectivity index (χ2v) is 3.21. The van der Waals surface area contributed by atoms with Crippen LogP contribution in [-0.4, -0.2) is 16.2 Å². The fourth-order valence-electron chi connectivity index (χ4n) is 0.810. The molecule has 1 aromatic rings. The molecule has 0 saturated carbocycles. The third-order valence-electron chi connectivity index (χ3n) is 1.45. The molecule has 0 spiro atoms. The average Bonchev–Trinajstić information content (AvgIpc) is 2.16. The predicted octanol–water partition coefficient (Wildman–Crippen LogP) is 1.82. The van der Waals surface area contributed by atoms with Gasteiger partial charge >= 0.3 is 0 Å². The fraction of sp³-hybridized carbons (Fsp3) is 0.429.